The van der Waals surface area contributed by atoms with Gasteiger partial charge in [0.25, 0.3) is 5.12 Å². The Bertz CT molecular complexity index is 466. The molecule has 96 valence electrons. The van der Waals surface area contributed by atoms with E-state index in [0.717, 1.165) is 0 Å². The third kappa shape index (κ3) is 5.11. The SMILES string of the molecule is CSc1nc(NC#CC(=O)SOO)nc(SC)n1. The number of hydrogen-bond acceptors (Lipinski definition) is 10. The monoisotopic (exact) mass is 304 g/mol. The molecule has 18 heavy (non-hydrogen) atoms. The average molecular weight is 304 g/mol. The fraction of sp³-hybridized carbons (Fsp3) is 0.250. The molecule has 0 amide bonds. The summed E-state index contributed by atoms with van der Waals surface area (Å²) in [5.74, 6) is 2.43. The molecule has 0 unspecified atom stereocenters. The lowest BCUT2D eigenvalue weighted by molar-refractivity contribution is -0.124. The van der Waals surface area contributed by atoms with Crippen molar-refractivity contribution >= 4 is 46.6 Å². The summed E-state index contributed by atoms with van der Waals surface area (Å²) in [6.45, 7) is 0. The van der Waals surface area contributed by atoms with Crippen molar-refractivity contribution < 1.29 is 14.4 Å². The Balaban J connectivity index is 2.75. The number of hydrogen-bond donors (Lipinski definition) is 2. The highest BCUT2D eigenvalue weighted by molar-refractivity contribution is 8.10. The molecule has 0 bridgehead atoms. The van der Waals surface area contributed by atoms with E-state index >= 15 is 0 Å². The normalized spacial score (nSPS) is 9.50. The van der Waals surface area contributed by atoms with Gasteiger partial charge in [0.15, 0.2) is 10.3 Å². The lowest BCUT2D eigenvalue weighted by Gasteiger charge is -2.01. The molecule has 1 aromatic rings. The van der Waals surface area contributed by atoms with E-state index in [1.165, 1.54) is 23.5 Å². The Hall–Kier alpha value is -0.990. The van der Waals surface area contributed by atoms with Gasteiger partial charge in [0.1, 0.15) is 12.0 Å². The number of anilines is 1. The second kappa shape index (κ2) is 8.17. The molecular weight excluding hydrogens is 296 g/mol. The highest BCUT2D eigenvalue weighted by Crippen LogP contribution is 2.15. The zero-order valence-electron chi connectivity index (χ0n) is 9.33. The molecule has 7 nitrogen and oxygen atoms in total. The van der Waals surface area contributed by atoms with Crippen LogP contribution in [-0.2, 0) is 9.13 Å². The summed E-state index contributed by atoms with van der Waals surface area (Å²) >= 11 is 2.97. The van der Waals surface area contributed by atoms with Gasteiger partial charge in [-0.3, -0.25) is 10.1 Å². The van der Waals surface area contributed by atoms with Gasteiger partial charge in [-0.2, -0.15) is 19.3 Å². The topological polar surface area (TPSA) is 97.2 Å². The number of aromatic nitrogens is 3. The summed E-state index contributed by atoms with van der Waals surface area (Å²) in [6.07, 6.45) is 3.68. The summed E-state index contributed by atoms with van der Waals surface area (Å²) in [5, 5.41) is 11.0. The molecule has 0 aromatic carbocycles. The van der Waals surface area contributed by atoms with E-state index in [4.69, 9.17) is 5.26 Å². The van der Waals surface area contributed by atoms with Crippen molar-refractivity contribution in [2.75, 3.05) is 17.8 Å². The molecule has 0 saturated carbocycles. The van der Waals surface area contributed by atoms with Crippen molar-refractivity contribution in [3.8, 4) is 12.0 Å². The average Bonchev–Trinajstić information content (AvgIpc) is 2.38. The smallest absolute Gasteiger partial charge is 0.283 e. The molecular formula is C8H8N4O3S3. The van der Waals surface area contributed by atoms with Crippen molar-refractivity contribution in [3.05, 3.63) is 0 Å². The maximum Gasteiger partial charge on any atom is 0.294 e. The molecule has 1 rings (SSSR count). The van der Waals surface area contributed by atoms with Crippen LogP contribution in [0, 0.1) is 12.0 Å². The Morgan fingerprint density at radius 3 is 2.39 bits per heavy atom. The molecule has 2 N–H and O–H groups in total. The highest BCUT2D eigenvalue weighted by Gasteiger charge is 2.04. The van der Waals surface area contributed by atoms with Crippen LogP contribution in [0.1, 0.15) is 0 Å². The third-order valence-corrected chi connectivity index (χ3v) is 2.83. The number of nitrogens with zero attached hydrogens (tertiary/aromatic N) is 3. The number of carbonyl (C=O) groups excluding carboxylic acids is 1. The van der Waals surface area contributed by atoms with Crippen molar-refractivity contribution in [2.45, 2.75) is 10.3 Å². The van der Waals surface area contributed by atoms with E-state index in [1.807, 2.05) is 12.5 Å². The quantitative estimate of drug-likeness (QED) is 0.212. The molecule has 1 heterocycles. The number of carbonyl (C=O) groups is 1. The Morgan fingerprint density at radius 1 is 1.28 bits per heavy atom. The van der Waals surface area contributed by atoms with E-state index in [-0.39, 0.29) is 18.0 Å². The van der Waals surface area contributed by atoms with Crippen LogP contribution in [0.3, 0.4) is 0 Å². The first kappa shape index (κ1) is 15.1. The van der Waals surface area contributed by atoms with Crippen LogP contribution >= 0.6 is 35.6 Å². The second-order valence-corrected chi connectivity index (χ2v) is 4.69. The molecule has 0 spiro atoms. The molecule has 0 saturated heterocycles. The predicted molar refractivity (Wildman–Crippen MR) is 71.1 cm³/mol. The molecule has 0 aliphatic carbocycles. The van der Waals surface area contributed by atoms with E-state index in [2.05, 4.69) is 36.6 Å². The van der Waals surface area contributed by atoms with Gasteiger partial charge in [-0.05, 0) is 12.5 Å². The minimum atomic E-state index is -0.644. The third-order valence-electron chi connectivity index (χ3n) is 1.41. The second-order valence-electron chi connectivity index (χ2n) is 2.45. The zero-order valence-corrected chi connectivity index (χ0v) is 11.8. The molecule has 0 aliphatic heterocycles. The standard InChI is InChI=1S/C8H8N4O3S3/c1-16-7-10-6(11-8(12-7)17-2)9-4-3-5(13)18-15-14/h14H,1-2H3,(H,9,10,11,12). The molecule has 0 aliphatic rings. The van der Waals surface area contributed by atoms with Gasteiger partial charge in [0.2, 0.25) is 5.95 Å². The molecule has 0 fully saturated rings. The van der Waals surface area contributed by atoms with Crippen LogP contribution < -0.4 is 5.32 Å². The van der Waals surface area contributed by atoms with Crippen molar-refractivity contribution in [1.29, 1.82) is 0 Å². The van der Waals surface area contributed by atoms with Crippen LogP contribution in [0.15, 0.2) is 10.3 Å². The lowest BCUT2D eigenvalue weighted by atomic mass is 10.7. The Morgan fingerprint density at radius 2 is 1.89 bits per heavy atom. The van der Waals surface area contributed by atoms with Crippen molar-refractivity contribution in [1.82, 2.24) is 15.0 Å². The van der Waals surface area contributed by atoms with Crippen molar-refractivity contribution in [3.63, 3.8) is 0 Å². The zero-order chi connectivity index (χ0) is 13.4. The summed E-state index contributed by atoms with van der Waals surface area (Å²) in [6, 6.07) is 2.36. The van der Waals surface area contributed by atoms with E-state index in [1.54, 1.807) is 0 Å². The number of nitrogens with one attached hydrogen (secondary N) is 1. The van der Waals surface area contributed by atoms with Gasteiger partial charge >= 0.3 is 0 Å². The first-order chi connectivity index (χ1) is 8.69. The van der Waals surface area contributed by atoms with Crippen LogP contribution in [-0.4, -0.2) is 37.8 Å². The fourth-order valence-electron chi connectivity index (χ4n) is 0.769. The van der Waals surface area contributed by atoms with Gasteiger partial charge in [0, 0.05) is 12.0 Å². The maximum atomic E-state index is 10.9. The number of rotatable bonds is 4. The molecule has 1 aromatic heterocycles. The van der Waals surface area contributed by atoms with Crippen LogP contribution in [0.2, 0.25) is 0 Å². The fourth-order valence-corrected chi connectivity index (χ4v) is 1.70. The summed E-state index contributed by atoms with van der Waals surface area (Å²) in [7, 11) is 0. The number of thioether (sulfide) groups is 2. The molecule has 0 radical (unpaired) electrons. The first-order valence-electron chi connectivity index (χ1n) is 4.32. The summed E-state index contributed by atoms with van der Waals surface area (Å²) in [5.41, 5.74) is 0. The van der Waals surface area contributed by atoms with Gasteiger partial charge in [-0.15, -0.1) is 0 Å². The Labute approximate surface area is 116 Å². The van der Waals surface area contributed by atoms with Crippen molar-refractivity contribution in [2.24, 2.45) is 0 Å². The minimum Gasteiger partial charge on any atom is -0.283 e. The van der Waals surface area contributed by atoms with Gasteiger partial charge in [0.05, 0.1) is 0 Å². The van der Waals surface area contributed by atoms with Gasteiger partial charge < -0.3 is 0 Å². The predicted octanol–water partition coefficient (Wildman–Crippen LogP) is 1.35. The largest absolute Gasteiger partial charge is 0.294 e. The van der Waals surface area contributed by atoms with Gasteiger partial charge in [-0.1, -0.05) is 23.5 Å². The van der Waals surface area contributed by atoms with E-state index < -0.39 is 5.12 Å². The van der Waals surface area contributed by atoms with Crippen LogP contribution in [0.5, 0.6) is 0 Å². The minimum absolute atomic E-state index is 0.223. The van der Waals surface area contributed by atoms with E-state index in [9.17, 15) is 4.79 Å². The van der Waals surface area contributed by atoms with Gasteiger partial charge in [-0.25, -0.2) is 5.26 Å². The summed E-state index contributed by atoms with van der Waals surface area (Å²) < 4.78 is 3.57. The Kier molecular flexibility index (Phi) is 6.84. The van der Waals surface area contributed by atoms with Crippen LogP contribution in [0.25, 0.3) is 0 Å². The van der Waals surface area contributed by atoms with Crippen LogP contribution in [0.4, 0.5) is 5.95 Å². The van der Waals surface area contributed by atoms with E-state index in [0.29, 0.717) is 10.3 Å². The maximum absolute atomic E-state index is 10.9. The molecule has 0 atom stereocenters. The molecule has 10 heteroatoms. The summed E-state index contributed by atoms with van der Waals surface area (Å²) in [4.78, 5) is 23.1. The highest BCUT2D eigenvalue weighted by atomic mass is 32.2. The first-order valence-corrected chi connectivity index (χ1v) is 7.51. The lowest BCUT2D eigenvalue weighted by Crippen LogP contribution is -2.01.